The van der Waals surface area contributed by atoms with Crippen molar-refractivity contribution in [1.29, 1.82) is 0 Å². The van der Waals surface area contributed by atoms with E-state index in [0.717, 1.165) is 37.8 Å². The number of fused-ring (bicyclic) bond motifs is 1. The van der Waals surface area contributed by atoms with E-state index >= 15 is 0 Å². The van der Waals surface area contributed by atoms with Crippen molar-refractivity contribution in [3.8, 4) is 5.75 Å². The second-order valence-corrected chi connectivity index (χ2v) is 6.10. The van der Waals surface area contributed by atoms with Crippen LogP contribution < -0.4 is 0 Å². The number of nitrogens with zero attached hydrogens (tertiary/aromatic N) is 1. The highest BCUT2D eigenvalue weighted by Gasteiger charge is 2.30. The third-order valence-electron chi connectivity index (χ3n) is 4.68. The van der Waals surface area contributed by atoms with Crippen LogP contribution in [0.15, 0.2) is 18.2 Å². The van der Waals surface area contributed by atoms with Crippen LogP contribution in [-0.4, -0.2) is 34.2 Å². The molecule has 1 heterocycles. The van der Waals surface area contributed by atoms with Gasteiger partial charge < -0.3 is 15.1 Å². The number of amides is 1. The zero-order valence-corrected chi connectivity index (χ0v) is 11.6. The molecule has 3 rings (SSSR count). The van der Waals surface area contributed by atoms with E-state index in [1.165, 1.54) is 0 Å². The van der Waals surface area contributed by atoms with Crippen molar-refractivity contribution in [2.75, 3.05) is 13.2 Å². The first-order valence-corrected chi connectivity index (χ1v) is 7.39. The van der Waals surface area contributed by atoms with Gasteiger partial charge in [0, 0.05) is 25.3 Å². The van der Waals surface area contributed by atoms with E-state index in [1.807, 2.05) is 11.0 Å². The van der Waals surface area contributed by atoms with Gasteiger partial charge in [-0.2, -0.15) is 0 Å². The molecule has 1 amide bonds. The summed E-state index contributed by atoms with van der Waals surface area (Å²) in [5.74, 6) is 1.20. The first-order chi connectivity index (χ1) is 9.67. The topological polar surface area (TPSA) is 60.8 Å². The fraction of sp³-hybridized carbons (Fsp3) is 0.562. The number of hydrogen-bond donors (Lipinski definition) is 2. The Kier molecular flexibility index (Phi) is 3.66. The lowest BCUT2D eigenvalue weighted by atomic mass is 9.82. The van der Waals surface area contributed by atoms with E-state index in [1.54, 1.807) is 12.1 Å². The van der Waals surface area contributed by atoms with Crippen molar-refractivity contribution >= 4 is 5.91 Å². The number of aromatic hydroxyl groups is 1. The quantitative estimate of drug-likeness (QED) is 0.888. The second-order valence-electron chi connectivity index (χ2n) is 6.10. The molecule has 2 aliphatic rings. The Morgan fingerprint density at radius 3 is 2.55 bits per heavy atom. The van der Waals surface area contributed by atoms with Gasteiger partial charge in [0.05, 0.1) is 0 Å². The number of rotatable bonds is 3. The normalized spacial score (nSPS) is 25.9. The SMILES string of the molecule is O=C1c2cc(O)ccc2CN1C[C@H]1CC[C@H](CO)CC1. The fourth-order valence-corrected chi connectivity index (χ4v) is 3.40. The van der Waals surface area contributed by atoms with Crippen LogP contribution in [0.1, 0.15) is 41.6 Å². The molecule has 0 unspecified atom stereocenters. The maximum atomic E-state index is 12.3. The molecular weight excluding hydrogens is 254 g/mol. The zero-order valence-electron chi connectivity index (χ0n) is 11.6. The predicted molar refractivity (Wildman–Crippen MR) is 75.4 cm³/mol. The lowest BCUT2D eigenvalue weighted by Gasteiger charge is -2.30. The Hall–Kier alpha value is -1.55. The average molecular weight is 275 g/mol. The van der Waals surface area contributed by atoms with Gasteiger partial charge in [-0.05, 0) is 55.2 Å². The van der Waals surface area contributed by atoms with Crippen LogP contribution in [0.3, 0.4) is 0 Å². The number of carbonyl (C=O) groups excluding carboxylic acids is 1. The van der Waals surface area contributed by atoms with Gasteiger partial charge in [-0.25, -0.2) is 0 Å². The van der Waals surface area contributed by atoms with Crippen LogP contribution in [-0.2, 0) is 6.54 Å². The van der Waals surface area contributed by atoms with Crippen LogP contribution in [0.5, 0.6) is 5.75 Å². The van der Waals surface area contributed by atoms with Gasteiger partial charge >= 0.3 is 0 Å². The van der Waals surface area contributed by atoms with Gasteiger partial charge in [0.1, 0.15) is 5.75 Å². The molecule has 20 heavy (non-hydrogen) atoms. The molecular formula is C16H21NO3. The van der Waals surface area contributed by atoms with E-state index in [9.17, 15) is 9.90 Å². The summed E-state index contributed by atoms with van der Waals surface area (Å²) in [7, 11) is 0. The molecule has 0 saturated heterocycles. The highest BCUT2D eigenvalue weighted by molar-refractivity contribution is 5.98. The van der Waals surface area contributed by atoms with Crippen LogP contribution in [0, 0.1) is 11.8 Å². The Morgan fingerprint density at radius 1 is 1.15 bits per heavy atom. The third kappa shape index (κ3) is 2.52. The van der Waals surface area contributed by atoms with Gasteiger partial charge in [0.25, 0.3) is 5.91 Å². The lowest BCUT2D eigenvalue weighted by Crippen LogP contribution is -2.32. The van der Waals surface area contributed by atoms with E-state index in [-0.39, 0.29) is 11.7 Å². The Morgan fingerprint density at radius 2 is 1.85 bits per heavy atom. The summed E-state index contributed by atoms with van der Waals surface area (Å²) < 4.78 is 0. The number of phenolic OH excluding ortho intramolecular Hbond substituents is 1. The maximum absolute atomic E-state index is 12.3. The molecule has 1 fully saturated rings. The molecule has 1 aromatic carbocycles. The Balaban J connectivity index is 1.62. The predicted octanol–water partition coefficient (Wildman–Crippen LogP) is 2.15. The van der Waals surface area contributed by atoms with Gasteiger partial charge in [0.15, 0.2) is 0 Å². The number of aliphatic hydroxyl groups excluding tert-OH is 1. The fourth-order valence-electron chi connectivity index (χ4n) is 3.40. The number of benzene rings is 1. The zero-order chi connectivity index (χ0) is 14.1. The molecule has 1 aromatic rings. The van der Waals surface area contributed by atoms with Crippen LogP contribution >= 0.6 is 0 Å². The summed E-state index contributed by atoms with van der Waals surface area (Å²) in [4.78, 5) is 14.2. The summed E-state index contributed by atoms with van der Waals surface area (Å²) >= 11 is 0. The minimum Gasteiger partial charge on any atom is -0.508 e. The molecule has 1 aliphatic carbocycles. The van der Waals surface area contributed by atoms with Gasteiger partial charge in [-0.1, -0.05) is 6.07 Å². The highest BCUT2D eigenvalue weighted by Crippen LogP contribution is 2.32. The molecule has 1 aliphatic heterocycles. The monoisotopic (exact) mass is 275 g/mol. The Bertz CT molecular complexity index is 506. The van der Waals surface area contributed by atoms with Gasteiger partial charge in [-0.15, -0.1) is 0 Å². The molecule has 2 N–H and O–H groups in total. The summed E-state index contributed by atoms with van der Waals surface area (Å²) in [6, 6.07) is 5.05. The first kappa shape index (κ1) is 13.4. The molecule has 1 saturated carbocycles. The molecule has 4 nitrogen and oxygen atoms in total. The summed E-state index contributed by atoms with van der Waals surface area (Å²) in [5.41, 5.74) is 1.66. The number of phenols is 1. The lowest BCUT2D eigenvalue weighted by molar-refractivity contribution is 0.0717. The minimum atomic E-state index is 0.0418. The van der Waals surface area contributed by atoms with E-state index in [0.29, 0.717) is 30.6 Å². The second kappa shape index (κ2) is 5.44. The molecule has 4 heteroatoms. The summed E-state index contributed by atoms with van der Waals surface area (Å²) in [6.07, 6.45) is 4.32. The molecule has 0 atom stereocenters. The van der Waals surface area contributed by atoms with Gasteiger partial charge in [0.2, 0.25) is 0 Å². The largest absolute Gasteiger partial charge is 0.508 e. The maximum Gasteiger partial charge on any atom is 0.254 e. The number of aliphatic hydroxyl groups is 1. The third-order valence-corrected chi connectivity index (χ3v) is 4.68. The molecule has 108 valence electrons. The number of hydrogen-bond acceptors (Lipinski definition) is 3. The molecule has 0 aromatic heterocycles. The van der Waals surface area contributed by atoms with E-state index < -0.39 is 0 Å². The van der Waals surface area contributed by atoms with Crippen molar-refractivity contribution in [1.82, 2.24) is 4.90 Å². The summed E-state index contributed by atoms with van der Waals surface area (Å²) in [5, 5.41) is 18.6. The molecule has 0 spiro atoms. The average Bonchev–Trinajstić information content (AvgIpc) is 2.76. The van der Waals surface area contributed by atoms with Crippen molar-refractivity contribution in [2.45, 2.75) is 32.2 Å². The van der Waals surface area contributed by atoms with Crippen molar-refractivity contribution in [3.05, 3.63) is 29.3 Å². The number of carbonyl (C=O) groups is 1. The van der Waals surface area contributed by atoms with E-state index in [2.05, 4.69) is 0 Å². The van der Waals surface area contributed by atoms with Crippen LogP contribution in [0.25, 0.3) is 0 Å². The molecule has 0 bridgehead atoms. The van der Waals surface area contributed by atoms with Crippen LogP contribution in [0.4, 0.5) is 0 Å². The van der Waals surface area contributed by atoms with Crippen molar-refractivity contribution < 1.29 is 15.0 Å². The highest BCUT2D eigenvalue weighted by atomic mass is 16.3. The van der Waals surface area contributed by atoms with Crippen molar-refractivity contribution in [2.24, 2.45) is 11.8 Å². The van der Waals surface area contributed by atoms with Crippen LogP contribution in [0.2, 0.25) is 0 Å². The minimum absolute atomic E-state index is 0.0418. The Labute approximate surface area is 119 Å². The van der Waals surface area contributed by atoms with Crippen molar-refractivity contribution in [3.63, 3.8) is 0 Å². The molecule has 0 radical (unpaired) electrons. The van der Waals surface area contributed by atoms with Gasteiger partial charge in [-0.3, -0.25) is 4.79 Å². The smallest absolute Gasteiger partial charge is 0.254 e. The first-order valence-electron chi connectivity index (χ1n) is 7.39. The summed E-state index contributed by atoms with van der Waals surface area (Å²) in [6.45, 7) is 1.75. The standard InChI is InChI=1S/C16H21NO3/c18-10-12-3-1-11(2-4-12)8-17-9-13-5-6-14(19)7-15(13)16(17)20/h5-7,11-12,18-19H,1-4,8-10H2/t11-,12-. The van der Waals surface area contributed by atoms with E-state index in [4.69, 9.17) is 5.11 Å².